The number of aromatic nitrogens is 3. The predicted octanol–water partition coefficient (Wildman–Crippen LogP) is 4.53. The van der Waals surface area contributed by atoms with E-state index in [9.17, 15) is 4.79 Å². The fourth-order valence-electron chi connectivity index (χ4n) is 3.04. The number of carbonyl (C=O) groups excluding carboxylic acids is 1. The first kappa shape index (κ1) is 19.7. The number of methoxy groups -OCH3 is 1. The van der Waals surface area contributed by atoms with Crippen molar-refractivity contribution < 1.29 is 9.53 Å². The van der Waals surface area contributed by atoms with Crippen LogP contribution in [0.5, 0.6) is 5.75 Å². The molecule has 0 saturated carbocycles. The first-order chi connectivity index (χ1) is 14.7. The highest BCUT2D eigenvalue weighted by Gasteiger charge is 2.19. The van der Waals surface area contributed by atoms with Crippen LogP contribution in [0.2, 0.25) is 5.02 Å². The summed E-state index contributed by atoms with van der Waals surface area (Å²) in [6.07, 6.45) is 1.69. The molecule has 4 rings (SSSR count). The lowest BCUT2D eigenvalue weighted by Crippen LogP contribution is -2.25. The van der Waals surface area contributed by atoms with E-state index in [1.54, 1.807) is 30.1 Å². The molecular weight excluding hydrogens is 400 g/mol. The minimum Gasteiger partial charge on any atom is -0.497 e. The first-order valence-electron chi connectivity index (χ1n) is 9.33. The molecule has 0 aliphatic heterocycles. The SMILES string of the molecule is COc1cccc(-c2cc(C(=O)NCc3ccccn3)n(-c3ccccc3Cl)n2)c1. The molecule has 150 valence electrons. The predicted molar refractivity (Wildman–Crippen MR) is 116 cm³/mol. The van der Waals surface area contributed by atoms with Crippen molar-refractivity contribution in [2.45, 2.75) is 6.54 Å². The second kappa shape index (κ2) is 8.80. The molecule has 0 atom stereocenters. The van der Waals surface area contributed by atoms with Gasteiger partial charge in [0.25, 0.3) is 5.91 Å². The molecular formula is C23H19ClN4O2. The quantitative estimate of drug-likeness (QED) is 0.499. The molecule has 0 bridgehead atoms. The van der Waals surface area contributed by atoms with Crippen molar-refractivity contribution in [3.63, 3.8) is 0 Å². The highest BCUT2D eigenvalue weighted by atomic mass is 35.5. The number of nitrogens with zero attached hydrogens (tertiary/aromatic N) is 3. The Bertz CT molecular complexity index is 1170. The van der Waals surface area contributed by atoms with Crippen LogP contribution in [0, 0.1) is 0 Å². The van der Waals surface area contributed by atoms with Crippen LogP contribution < -0.4 is 10.1 Å². The van der Waals surface area contributed by atoms with Crippen molar-refractivity contribution in [3.05, 3.63) is 95.4 Å². The van der Waals surface area contributed by atoms with Crippen LogP contribution in [0.1, 0.15) is 16.2 Å². The molecule has 0 aliphatic carbocycles. The van der Waals surface area contributed by atoms with Gasteiger partial charge in [0.1, 0.15) is 11.4 Å². The Morgan fingerprint density at radius 3 is 2.67 bits per heavy atom. The number of para-hydroxylation sites is 1. The minimum atomic E-state index is -0.276. The highest BCUT2D eigenvalue weighted by molar-refractivity contribution is 6.32. The van der Waals surface area contributed by atoms with Crippen molar-refractivity contribution >= 4 is 17.5 Å². The third-order valence-corrected chi connectivity index (χ3v) is 4.86. The van der Waals surface area contributed by atoms with Gasteiger partial charge in [-0.1, -0.05) is 41.9 Å². The zero-order chi connectivity index (χ0) is 20.9. The van der Waals surface area contributed by atoms with Gasteiger partial charge in [-0.3, -0.25) is 9.78 Å². The van der Waals surface area contributed by atoms with Crippen LogP contribution in [0.3, 0.4) is 0 Å². The Morgan fingerprint density at radius 1 is 1.07 bits per heavy atom. The summed E-state index contributed by atoms with van der Waals surface area (Å²) in [6, 6.07) is 22.1. The molecule has 0 aliphatic rings. The van der Waals surface area contributed by atoms with E-state index in [0.717, 1.165) is 11.3 Å². The average molecular weight is 419 g/mol. The Balaban J connectivity index is 1.72. The van der Waals surface area contributed by atoms with E-state index in [1.807, 2.05) is 60.7 Å². The topological polar surface area (TPSA) is 69.0 Å². The fraction of sp³-hybridized carbons (Fsp3) is 0.0870. The molecule has 2 aromatic heterocycles. The average Bonchev–Trinajstić information content (AvgIpc) is 3.24. The largest absolute Gasteiger partial charge is 0.497 e. The van der Waals surface area contributed by atoms with Crippen molar-refractivity contribution in [1.29, 1.82) is 0 Å². The summed E-state index contributed by atoms with van der Waals surface area (Å²) < 4.78 is 6.87. The molecule has 0 spiro atoms. The number of halogens is 1. The second-order valence-corrected chi connectivity index (χ2v) is 6.92. The van der Waals surface area contributed by atoms with Gasteiger partial charge >= 0.3 is 0 Å². The normalized spacial score (nSPS) is 10.6. The van der Waals surface area contributed by atoms with Gasteiger partial charge in [-0.05, 0) is 42.5 Å². The molecule has 1 amide bonds. The van der Waals surface area contributed by atoms with E-state index in [2.05, 4.69) is 15.4 Å². The Morgan fingerprint density at radius 2 is 1.90 bits per heavy atom. The number of carbonyl (C=O) groups is 1. The fourth-order valence-corrected chi connectivity index (χ4v) is 3.25. The standard InChI is InChI=1S/C23H19ClN4O2/c1-30-18-9-6-7-16(13-18)20-14-22(23(29)26-15-17-8-4-5-12-25-17)28(27-20)21-11-3-2-10-19(21)24/h2-14H,15H2,1H3,(H,26,29). The van der Waals surface area contributed by atoms with Crippen molar-refractivity contribution in [1.82, 2.24) is 20.1 Å². The lowest BCUT2D eigenvalue weighted by molar-refractivity contribution is 0.0942. The molecule has 2 aromatic carbocycles. The van der Waals surface area contributed by atoms with Crippen LogP contribution >= 0.6 is 11.6 Å². The summed E-state index contributed by atoms with van der Waals surface area (Å²) >= 11 is 6.39. The summed E-state index contributed by atoms with van der Waals surface area (Å²) in [4.78, 5) is 17.3. The second-order valence-electron chi connectivity index (χ2n) is 6.51. The lowest BCUT2D eigenvalue weighted by Gasteiger charge is -2.09. The Labute approximate surface area is 179 Å². The zero-order valence-corrected chi connectivity index (χ0v) is 17.0. The van der Waals surface area contributed by atoms with E-state index in [1.165, 1.54) is 0 Å². The van der Waals surface area contributed by atoms with Crippen molar-refractivity contribution in [2.24, 2.45) is 0 Å². The summed E-state index contributed by atoms with van der Waals surface area (Å²) in [7, 11) is 1.61. The van der Waals surface area contributed by atoms with Gasteiger partial charge in [0.15, 0.2) is 0 Å². The van der Waals surface area contributed by atoms with Gasteiger partial charge in [-0.2, -0.15) is 5.10 Å². The van der Waals surface area contributed by atoms with Crippen LogP contribution in [0.25, 0.3) is 16.9 Å². The molecule has 0 saturated heterocycles. The first-order valence-corrected chi connectivity index (χ1v) is 9.71. The summed E-state index contributed by atoms with van der Waals surface area (Å²) in [5, 5.41) is 8.06. The maximum absolute atomic E-state index is 13.0. The van der Waals surface area contributed by atoms with E-state index < -0.39 is 0 Å². The van der Waals surface area contributed by atoms with E-state index in [-0.39, 0.29) is 5.91 Å². The number of nitrogens with one attached hydrogen (secondary N) is 1. The number of hydrogen-bond acceptors (Lipinski definition) is 4. The summed E-state index contributed by atoms with van der Waals surface area (Å²) in [6.45, 7) is 0.307. The molecule has 0 radical (unpaired) electrons. The zero-order valence-electron chi connectivity index (χ0n) is 16.2. The summed E-state index contributed by atoms with van der Waals surface area (Å²) in [5.41, 5.74) is 3.23. The van der Waals surface area contributed by atoms with Gasteiger partial charge in [0, 0.05) is 11.8 Å². The lowest BCUT2D eigenvalue weighted by atomic mass is 10.1. The molecule has 0 fully saturated rings. The van der Waals surface area contributed by atoms with E-state index in [0.29, 0.717) is 34.4 Å². The number of pyridine rings is 1. The minimum absolute atomic E-state index is 0.276. The van der Waals surface area contributed by atoms with Crippen molar-refractivity contribution in [2.75, 3.05) is 7.11 Å². The smallest absolute Gasteiger partial charge is 0.270 e. The maximum Gasteiger partial charge on any atom is 0.270 e. The monoisotopic (exact) mass is 418 g/mol. The van der Waals surface area contributed by atoms with Gasteiger partial charge in [-0.15, -0.1) is 0 Å². The van der Waals surface area contributed by atoms with Gasteiger partial charge in [-0.25, -0.2) is 4.68 Å². The van der Waals surface area contributed by atoms with Gasteiger partial charge < -0.3 is 10.1 Å². The molecule has 7 heteroatoms. The van der Waals surface area contributed by atoms with Crippen LogP contribution in [0.4, 0.5) is 0 Å². The van der Waals surface area contributed by atoms with E-state index in [4.69, 9.17) is 16.3 Å². The van der Waals surface area contributed by atoms with Crippen LogP contribution in [-0.4, -0.2) is 27.8 Å². The Hall–Kier alpha value is -3.64. The number of amides is 1. The van der Waals surface area contributed by atoms with Crippen LogP contribution in [-0.2, 0) is 6.54 Å². The van der Waals surface area contributed by atoms with Gasteiger partial charge in [0.2, 0.25) is 0 Å². The van der Waals surface area contributed by atoms with E-state index >= 15 is 0 Å². The highest BCUT2D eigenvalue weighted by Crippen LogP contribution is 2.27. The number of ether oxygens (including phenoxy) is 1. The molecule has 2 heterocycles. The van der Waals surface area contributed by atoms with Crippen LogP contribution in [0.15, 0.2) is 79.0 Å². The number of hydrogen-bond donors (Lipinski definition) is 1. The molecule has 0 unspecified atom stereocenters. The molecule has 4 aromatic rings. The van der Waals surface area contributed by atoms with Gasteiger partial charge in [0.05, 0.1) is 35.8 Å². The molecule has 30 heavy (non-hydrogen) atoms. The third kappa shape index (κ3) is 4.18. The third-order valence-electron chi connectivity index (χ3n) is 4.54. The molecule has 6 nitrogen and oxygen atoms in total. The summed E-state index contributed by atoms with van der Waals surface area (Å²) in [5.74, 6) is 0.433. The van der Waals surface area contributed by atoms with Crippen molar-refractivity contribution in [3.8, 4) is 22.7 Å². The Kier molecular flexibility index (Phi) is 5.77. The number of rotatable bonds is 6. The molecule has 1 N–H and O–H groups in total. The maximum atomic E-state index is 13.0. The number of benzene rings is 2.